The van der Waals surface area contributed by atoms with Crippen LogP contribution in [0.25, 0.3) is 6.08 Å². The van der Waals surface area contributed by atoms with Gasteiger partial charge >= 0.3 is 5.97 Å². The lowest BCUT2D eigenvalue weighted by Crippen LogP contribution is -2.05. The highest BCUT2D eigenvalue weighted by atomic mass is 35.5. The summed E-state index contributed by atoms with van der Waals surface area (Å²) in [6.45, 7) is 1.99. The van der Waals surface area contributed by atoms with Gasteiger partial charge in [0.1, 0.15) is 5.75 Å². The lowest BCUT2D eigenvalue weighted by atomic mass is 10.1. The third-order valence-corrected chi connectivity index (χ3v) is 3.69. The van der Waals surface area contributed by atoms with Crippen LogP contribution in [0.4, 0.5) is 0 Å². The van der Waals surface area contributed by atoms with Gasteiger partial charge in [0.15, 0.2) is 5.70 Å². The smallest absolute Gasteiger partial charge is 0.363 e. The highest BCUT2D eigenvalue weighted by molar-refractivity contribution is 6.32. The van der Waals surface area contributed by atoms with E-state index in [-0.39, 0.29) is 5.70 Å². The van der Waals surface area contributed by atoms with Gasteiger partial charge in [0, 0.05) is 5.56 Å². The van der Waals surface area contributed by atoms with Crippen molar-refractivity contribution in [2.45, 2.75) is 6.92 Å². The number of carbonyl (C=O) groups excluding carboxylic acids is 1. The van der Waals surface area contributed by atoms with Gasteiger partial charge in [-0.25, -0.2) is 9.79 Å². The largest absolute Gasteiger partial charge is 0.495 e. The molecule has 5 heteroatoms. The maximum absolute atomic E-state index is 12.0. The minimum absolute atomic E-state index is 0.238. The van der Waals surface area contributed by atoms with E-state index >= 15 is 0 Å². The quantitative estimate of drug-likeness (QED) is 0.632. The maximum Gasteiger partial charge on any atom is 0.363 e. The van der Waals surface area contributed by atoms with Gasteiger partial charge in [-0.15, -0.1) is 0 Å². The molecule has 2 aromatic carbocycles. The lowest BCUT2D eigenvalue weighted by Gasteiger charge is -2.03. The number of rotatable bonds is 3. The molecule has 116 valence electrons. The first-order valence-corrected chi connectivity index (χ1v) is 7.38. The Hall–Kier alpha value is -2.59. The molecule has 1 aliphatic rings. The fourth-order valence-electron chi connectivity index (χ4n) is 2.16. The number of benzene rings is 2. The molecular weight excluding hydrogens is 314 g/mol. The topological polar surface area (TPSA) is 47.9 Å². The molecule has 23 heavy (non-hydrogen) atoms. The van der Waals surface area contributed by atoms with Crippen molar-refractivity contribution in [3.05, 3.63) is 69.9 Å². The second-order valence-electron chi connectivity index (χ2n) is 5.10. The van der Waals surface area contributed by atoms with Crippen LogP contribution >= 0.6 is 11.6 Å². The minimum atomic E-state index is -0.479. The zero-order valence-electron chi connectivity index (χ0n) is 12.7. The number of aryl methyl sites for hydroxylation is 1. The average Bonchev–Trinajstić information content (AvgIpc) is 2.89. The zero-order chi connectivity index (χ0) is 16.4. The number of aliphatic imine (C=N–C) groups is 1. The Bertz CT molecular complexity index is 823. The van der Waals surface area contributed by atoms with Crippen molar-refractivity contribution in [2.75, 3.05) is 7.11 Å². The molecule has 0 fully saturated rings. The molecule has 0 bridgehead atoms. The highest BCUT2D eigenvalue weighted by Crippen LogP contribution is 2.27. The summed E-state index contributed by atoms with van der Waals surface area (Å²) in [5.41, 5.74) is 2.88. The first-order valence-electron chi connectivity index (χ1n) is 7.00. The molecule has 1 aliphatic heterocycles. The third-order valence-electron chi connectivity index (χ3n) is 3.40. The maximum atomic E-state index is 12.0. The number of esters is 1. The molecule has 1 heterocycles. The third kappa shape index (κ3) is 3.27. The van der Waals surface area contributed by atoms with Crippen molar-refractivity contribution in [2.24, 2.45) is 4.99 Å². The Morgan fingerprint density at radius 3 is 2.57 bits per heavy atom. The average molecular weight is 328 g/mol. The van der Waals surface area contributed by atoms with Gasteiger partial charge in [-0.3, -0.25) is 0 Å². The predicted molar refractivity (Wildman–Crippen MR) is 89.8 cm³/mol. The summed E-state index contributed by atoms with van der Waals surface area (Å²) in [6, 6.07) is 12.9. The van der Waals surface area contributed by atoms with E-state index in [1.54, 1.807) is 31.4 Å². The van der Waals surface area contributed by atoms with Crippen molar-refractivity contribution in [3.63, 3.8) is 0 Å². The van der Waals surface area contributed by atoms with Crippen molar-refractivity contribution >= 4 is 29.5 Å². The summed E-state index contributed by atoms with van der Waals surface area (Å²) in [5.74, 6) is 0.403. The van der Waals surface area contributed by atoms with E-state index in [4.69, 9.17) is 21.1 Å². The summed E-state index contributed by atoms with van der Waals surface area (Å²) in [5, 5.41) is 0.468. The summed E-state index contributed by atoms with van der Waals surface area (Å²) in [6.07, 6.45) is 1.63. The van der Waals surface area contributed by atoms with Gasteiger partial charge in [0.05, 0.1) is 12.1 Å². The van der Waals surface area contributed by atoms with Gasteiger partial charge in [0.2, 0.25) is 5.90 Å². The lowest BCUT2D eigenvalue weighted by molar-refractivity contribution is -0.129. The molecule has 0 aliphatic carbocycles. The molecule has 0 atom stereocenters. The number of hydrogen-bond acceptors (Lipinski definition) is 4. The monoisotopic (exact) mass is 327 g/mol. The van der Waals surface area contributed by atoms with Crippen LogP contribution in [0.3, 0.4) is 0 Å². The van der Waals surface area contributed by atoms with E-state index in [0.717, 1.165) is 16.7 Å². The zero-order valence-corrected chi connectivity index (χ0v) is 13.4. The molecule has 0 saturated heterocycles. The number of nitrogens with zero attached hydrogens (tertiary/aromatic N) is 1. The van der Waals surface area contributed by atoms with Crippen LogP contribution in [-0.2, 0) is 9.53 Å². The molecule has 0 amide bonds. The molecule has 0 aromatic heterocycles. The molecular formula is C18H14ClNO3. The van der Waals surface area contributed by atoms with Gasteiger partial charge in [0.25, 0.3) is 0 Å². The predicted octanol–water partition coefficient (Wildman–Crippen LogP) is 4.00. The summed E-state index contributed by atoms with van der Waals surface area (Å²) in [7, 11) is 1.55. The summed E-state index contributed by atoms with van der Waals surface area (Å²) >= 11 is 6.08. The molecule has 0 unspecified atom stereocenters. The molecule has 0 radical (unpaired) electrons. The molecule has 0 N–H and O–H groups in total. The number of halogens is 1. The molecule has 2 aromatic rings. The number of cyclic esters (lactones) is 1. The van der Waals surface area contributed by atoms with Crippen LogP contribution in [0.2, 0.25) is 5.02 Å². The van der Waals surface area contributed by atoms with Crippen LogP contribution in [-0.4, -0.2) is 19.0 Å². The van der Waals surface area contributed by atoms with Crippen molar-refractivity contribution < 1.29 is 14.3 Å². The summed E-state index contributed by atoms with van der Waals surface area (Å²) < 4.78 is 10.3. The van der Waals surface area contributed by atoms with Crippen molar-refractivity contribution in [1.82, 2.24) is 0 Å². The SMILES string of the molecule is COc1ccc(C=C2N=C(c3ccc(C)cc3)OC2=O)cc1Cl. The Labute approximate surface area is 139 Å². The molecule has 0 spiro atoms. The highest BCUT2D eigenvalue weighted by Gasteiger charge is 2.24. The van der Waals surface area contributed by atoms with Crippen LogP contribution in [0, 0.1) is 6.92 Å². The van der Waals surface area contributed by atoms with Crippen LogP contribution in [0.15, 0.2) is 53.2 Å². The Morgan fingerprint density at radius 2 is 1.91 bits per heavy atom. The first kappa shape index (κ1) is 15.3. The Kier molecular flexibility index (Phi) is 4.17. The van der Waals surface area contributed by atoms with Gasteiger partial charge in [-0.2, -0.15) is 0 Å². The van der Waals surface area contributed by atoms with Crippen LogP contribution in [0.1, 0.15) is 16.7 Å². The van der Waals surface area contributed by atoms with Crippen LogP contribution < -0.4 is 4.74 Å². The Morgan fingerprint density at radius 1 is 1.17 bits per heavy atom. The number of methoxy groups -OCH3 is 1. The van der Waals surface area contributed by atoms with Gasteiger partial charge < -0.3 is 9.47 Å². The van der Waals surface area contributed by atoms with Crippen molar-refractivity contribution in [1.29, 1.82) is 0 Å². The molecule has 0 saturated carbocycles. The first-order chi connectivity index (χ1) is 11.1. The van der Waals surface area contributed by atoms with E-state index in [1.165, 1.54) is 0 Å². The van der Waals surface area contributed by atoms with E-state index in [1.807, 2.05) is 31.2 Å². The fraction of sp³-hybridized carbons (Fsp3) is 0.111. The van der Waals surface area contributed by atoms with E-state index in [2.05, 4.69) is 4.99 Å². The van der Waals surface area contributed by atoms with Crippen molar-refractivity contribution in [3.8, 4) is 5.75 Å². The summed E-state index contributed by atoms with van der Waals surface area (Å²) in [4.78, 5) is 16.2. The minimum Gasteiger partial charge on any atom is -0.495 e. The fourth-order valence-corrected chi connectivity index (χ4v) is 2.43. The number of carbonyl (C=O) groups is 1. The normalized spacial score (nSPS) is 15.5. The van der Waals surface area contributed by atoms with E-state index in [9.17, 15) is 4.79 Å². The second-order valence-corrected chi connectivity index (χ2v) is 5.50. The standard InChI is InChI=1S/C18H14ClNO3/c1-11-3-6-13(7-4-11)17-20-15(18(21)23-17)10-12-5-8-16(22-2)14(19)9-12/h3-10H,1-2H3. The Balaban J connectivity index is 1.91. The number of ether oxygens (including phenoxy) is 2. The van der Waals surface area contributed by atoms with E-state index in [0.29, 0.717) is 16.7 Å². The number of hydrogen-bond donors (Lipinski definition) is 0. The second kappa shape index (κ2) is 6.26. The van der Waals surface area contributed by atoms with Gasteiger partial charge in [-0.1, -0.05) is 35.4 Å². The van der Waals surface area contributed by atoms with Crippen LogP contribution in [0.5, 0.6) is 5.75 Å². The molecule has 3 rings (SSSR count). The molecule has 4 nitrogen and oxygen atoms in total. The van der Waals surface area contributed by atoms with Gasteiger partial charge in [-0.05, 0) is 42.8 Å². The van der Waals surface area contributed by atoms with E-state index < -0.39 is 5.97 Å².